The molecule has 9 heteroatoms. The number of nitrogens with two attached hydrogens (primary N) is 2. The Labute approximate surface area is 84.2 Å². The van der Waals surface area contributed by atoms with Crippen molar-refractivity contribution >= 4 is 28.2 Å². The van der Waals surface area contributed by atoms with Gasteiger partial charge in [0.15, 0.2) is 0 Å². The van der Waals surface area contributed by atoms with E-state index in [-0.39, 0.29) is 0 Å². The molecule has 0 atom stereocenters. The molecule has 0 aliphatic carbocycles. The van der Waals surface area contributed by atoms with E-state index in [1.807, 2.05) is 0 Å². The van der Waals surface area contributed by atoms with E-state index in [4.69, 9.17) is 10.9 Å². The Bertz CT molecular complexity index is 486. The van der Waals surface area contributed by atoms with Gasteiger partial charge in [0, 0.05) is 5.69 Å². The fraction of sp³-hybridized carbons (Fsp3) is 0. The Hall–Kier alpha value is -1.22. The van der Waals surface area contributed by atoms with Gasteiger partial charge >= 0.3 is 6.98 Å². The Balaban J connectivity index is 3.34. The first kappa shape index (κ1) is 11.9. The summed E-state index contributed by atoms with van der Waals surface area (Å²) in [6.07, 6.45) is 0. The zero-order valence-corrected chi connectivity index (χ0v) is 8.14. The standard InChI is InChI=1S/C6H7BF3N2O2S/c8-7(9,10)4-1-2-6(5(11)3-4)15(12,13)14/h1-3H,11H2,(H2,12,13,14)/q-1. The Morgan fingerprint density at radius 3 is 2.07 bits per heavy atom. The molecular formula is C6H7BF3N2O2S-. The maximum atomic E-state index is 12.2. The van der Waals surface area contributed by atoms with Gasteiger partial charge in [0.25, 0.3) is 0 Å². The van der Waals surface area contributed by atoms with E-state index in [9.17, 15) is 21.4 Å². The summed E-state index contributed by atoms with van der Waals surface area (Å²) < 4.78 is 58.3. The maximum Gasteiger partial charge on any atom is 0.509 e. The molecule has 0 aliphatic heterocycles. The van der Waals surface area contributed by atoms with Gasteiger partial charge in [-0.25, -0.2) is 13.6 Å². The lowest BCUT2D eigenvalue weighted by atomic mass is 9.80. The SMILES string of the molecule is Nc1cc([B-](F)(F)F)ccc1S(N)(=O)=O. The van der Waals surface area contributed by atoms with Crippen molar-refractivity contribution in [3.63, 3.8) is 0 Å². The van der Waals surface area contributed by atoms with E-state index in [2.05, 4.69) is 0 Å². The van der Waals surface area contributed by atoms with Gasteiger partial charge in [0.1, 0.15) is 4.90 Å². The molecule has 0 amide bonds. The van der Waals surface area contributed by atoms with Crippen LogP contribution in [0.15, 0.2) is 23.1 Å². The lowest BCUT2D eigenvalue weighted by Gasteiger charge is -2.16. The Morgan fingerprint density at radius 1 is 1.20 bits per heavy atom. The number of benzene rings is 1. The number of sulfonamides is 1. The number of halogens is 3. The first-order chi connectivity index (χ1) is 6.62. The van der Waals surface area contributed by atoms with Crippen molar-refractivity contribution in [2.75, 3.05) is 5.73 Å². The number of hydrogen-bond donors (Lipinski definition) is 2. The highest BCUT2D eigenvalue weighted by Crippen LogP contribution is 2.17. The van der Waals surface area contributed by atoms with Crippen molar-refractivity contribution in [2.24, 2.45) is 5.14 Å². The number of rotatable bonds is 2. The van der Waals surface area contributed by atoms with Crippen LogP contribution >= 0.6 is 0 Å². The molecular weight excluding hydrogens is 232 g/mol. The molecule has 0 fully saturated rings. The van der Waals surface area contributed by atoms with Crippen molar-refractivity contribution in [2.45, 2.75) is 4.90 Å². The summed E-state index contributed by atoms with van der Waals surface area (Å²) in [4.78, 5) is -0.508. The van der Waals surface area contributed by atoms with Crippen LogP contribution in [0.2, 0.25) is 0 Å². The monoisotopic (exact) mass is 239 g/mol. The predicted molar refractivity (Wildman–Crippen MR) is 50.9 cm³/mol. The quantitative estimate of drug-likeness (QED) is 0.561. The summed E-state index contributed by atoms with van der Waals surface area (Å²) in [6, 6.07) is 1.94. The van der Waals surface area contributed by atoms with Gasteiger partial charge in [-0.05, 0) is 6.07 Å². The summed E-state index contributed by atoms with van der Waals surface area (Å²) in [5.41, 5.74) is 3.69. The Morgan fingerprint density at radius 2 is 1.73 bits per heavy atom. The highest BCUT2D eigenvalue weighted by molar-refractivity contribution is 7.89. The predicted octanol–water partition coefficient (Wildman–Crippen LogP) is -0.0294. The van der Waals surface area contributed by atoms with Crippen LogP contribution in [0.1, 0.15) is 0 Å². The van der Waals surface area contributed by atoms with E-state index in [0.717, 1.165) is 6.07 Å². The van der Waals surface area contributed by atoms with Crippen LogP contribution < -0.4 is 16.3 Å². The second-order valence-corrected chi connectivity index (χ2v) is 4.45. The molecule has 0 unspecified atom stereocenters. The number of hydrogen-bond acceptors (Lipinski definition) is 3. The third-order valence-electron chi connectivity index (χ3n) is 1.72. The van der Waals surface area contributed by atoms with Crippen molar-refractivity contribution in [1.82, 2.24) is 0 Å². The molecule has 0 saturated heterocycles. The van der Waals surface area contributed by atoms with E-state index >= 15 is 0 Å². The molecule has 0 spiro atoms. The zero-order valence-electron chi connectivity index (χ0n) is 7.32. The maximum absolute atomic E-state index is 12.2. The van der Waals surface area contributed by atoms with Gasteiger partial charge in [0.05, 0.1) is 0 Å². The fourth-order valence-corrected chi connectivity index (χ4v) is 1.67. The minimum Gasteiger partial charge on any atom is -0.445 e. The van der Waals surface area contributed by atoms with Crippen LogP contribution in [0.25, 0.3) is 0 Å². The van der Waals surface area contributed by atoms with Gasteiger partial charge in [-0.15, -0.1) is 5.46 Å². The van der Waals surface area contributed by atoms with Crippen molar-refractivity contribution in [3.8, 4) is 0 Å². The Kier molecular flexibility index (Phi) is 2.70. The molecule has 4 N–H and O–H groups in total. The molecule has 0 saturated carbocycles. The molecule has 1 aromatic carbocycles. The topological polar surface area (TPSA) is 86.2 Å². The van der Waals surface area contributed by atoms with Gasteiger partial charge in [-0.3, -0.25) is 0 Å². The normalized spacial score (nSPS) is 12.8. The second-order valence-electron chi connectivity index (χ2n) is 2.92. The summed E-state index contributed by atoms with van der Waals surface area (Å²) in [5, 5.41) is 4.73. The molecule has 4 nitrogen and oxygen atoms in total. The van der Waals surface area contributed by atoms with E-state index in [0.29, 0.717) is 12.1 Å². The van der Waals surface area contributed by atoms with Gasteiger partial charge in [0.2, 0.25) is 10.0 Å². The van der Waals surface area contributed by atoms with E-state index < -0.39 is 33.0 Å². The minimum atomic E-state index is -5.19. The third kappa shape index (κ3) is 2.63. The average Bonchev–Trinajstić information content (AvgIpc) is 1.99. The largest absolute Gasteiger partial charge is 0.509 e. The molecule has 0 radical (unpaired) electrons. The highest BCUT2D eigenvalue weighted by atomic mass is 32.2. The smallest absolute Gasteiger partial charge is 0.445 e. The van der Waals surface area contributed by atoms with Crippen LogP contribution in [0.5, 0.6) is 0 Å². The summed E-state index contributed by atoms with van der Waals surface area (Å²) in [6.45, 7) is -5.19. The average molecular weight is 239 g/mol. The van der Waals surface area contributed by atoms with Gasteiger partial charge < -0.3 is 18.7 Å². The van der Waals surface area contributed by atoms with Gasteiger partial charge in [-0.1, -0.05) is 12.1 Å². The fourth-order valence-electron chi connectivity index (χ4n) is 1.03. The summed E-state index contributed by atoms with van der Waals surface area (Å²) >= 11 is 0. The van der Waals surface area contributed by atoms with E-state index in [1.165, 1.54) is 0 Å². The molecule has 0 aromatic heterocycles. The molecule has 0 heterocycles. The van der Waals surface area contributed by atoms with E-state index in [1.54, 1.807) is 0 Å². The zero-order chi connectivity index (χ0) is 11.9. The van der Waals surface area contributed by atoms with Crippen molar-refractivity contribution < 1.29 is 21.4 Å². The second kappa shape index (κ2) is 3.42. The molecule has 84 valence electrons. The third-order valence-corrected chi connectivity index (χ3v) is 2.70. The molecule has 0 aliphatic rings. The molecule has 1 rings (SSSR count). The van der Waals surface area contributed by atoms with Crippen molar-refractivity contribution in [1.29, 1.82) is 0 Å². The highest BCUT2D eigenvalue weighted by Gasteiger charge is 2.26. The van der Waals surface area contributed by atoms with Crippen LogP contribution in [0.4, 0.5) is 18.6 Å². The number of primary sulfonamides is 1. The molecule has 1 aromatic rings. The van der Waals surface area contributed by atoms with Crippen LogP contribution in [-0.2, 0) is 10.0 Å². The van der Waals surface area contributed by atoms with Crippen molar-refractivity contribution in [3.05, 3.63) is 18.2 Å². The number of anilines is 1. The lowest BCUT2D eigenvalue weighted by Crippen LogP contribution is -2.34. The minimum absolute atomic E-state index is 0.505. The molecule has 15 heavy (non-hydrogen) atoms. The first-order valence-electron chi connectivity index (χ1n) is 3.74. The van der Waals surface area contributed by atoms with Crippen LogP contribution in [0.3, 0.4) is 0 Å². The van der Waals surface area contributed by atoms with Gasteiger partial charge in [-0.2, -0.15) is 0 Å². The van der Waals surface area contributed by atoms with Crippen LogP contribution in [-0.4, -0.2) is 15.4 Å². The van der Waals surface area contributed by atoms with Crippen LogP contribution in [0, 0.1) is 0 Å². The summed E-state index contributed by atoms with van der Waals surface area (Å²) in [5.74, 6) is 0. The summed E-state index contributed by atoms with van der Waals surface area (Å²) in [7, 11) is -4.08. The number of nitrogen functional groups attached to an aromatic ring is 1. The molecule has 0 bridgehead atoms. The first-order valence-corrected chi connectivity index (χ1v) is 5.29. The lowest BCUT2D eigenvalue weighted by molar-refractivity contribution is 0.501.